The second-order valence-corrected chi connectivity index (χ2v) is 6.91. The van der Waals surface area contributed by atoms with Gasteiger partial charge < -0.3 is 10.6 Å². The summed E-state index contributed by atoms with van der Waals surface area (Å²) >= 11 is 6.51. The summed E-state index contributed by atoms with van der Waals surface area (Å²) in [6.07, 6.45) is 7.47. The maximum atomic E-state index is 6.51. The fourth-order valence-corrected chi connectivity index (χ4v) is 3.83. The van der Waals surface area contributed by atoms with Gasteiger partial charge in [-0.25, -0.2) is 0 Å². The molecule has 2 atom stereocenters. The van der Waals surface area contributed by atoms with Crippen LogP contribution in [0, 0.1) is 5.92 Å². The Morgan fingerprint density at radius 2 is 2.14 bits per heavy atom. The number of hydrogen-bond acceptors (Lipinski definition) is 2. The smallest absolute Gasteiger partial charge is 0.0642 e. The molecule has 1 saturated heterocycles. The third-order valence-electron chi connectivity index (χ3n) is 4.47. The first-order chi connectivity index (χ1) is 10.1. The van der Waals surface area contributed by atoms with Crippen molar-refractivity contribution in [1.29, 1.82) is 0 Å². The van der Waals surface area contributed by atoms with Crippen molar-refractivity contribution >= 4 is 17.3 Å². The Balaban J connectivity index is 2.16. The van der Waals surface area contributed by atoms with E-state index in [1.807, 2.05) is 12.1 Å². The lowest BCUT2D eigenvalue weighted by atomic mass is 9.96. The predicted octanol–water partition coefficient (Wildman–Crippen LogP) is 4.64. The largest absolute Gasteiger partial charge is 0.370 e. The molecule has 1 fully saturated rings. The first-order valence-electron chi connectivity index (χ1n) is 8.39. The van der Waals surface area contributed by atoms with Gasteiger partial charge in [-0.15, -0.1) is 0 Å². The lowest BCUT2D eigenvalue weighted by molar-refractivity contribution is 0.435. The number of anilines is 1. The maximum absolute atomic E-state index is 6.51. The van der Waals surface area contributed by atoms with Gasteiger partial charge in [0.05, 0.1) is 10.7 Å². The van der Waals surface area contributed by atoms with Crippen molar-refractivity contribution in [2.45, 2.75) is 58.4 Å². The van der Waals surface area contributed by atoms with Gasteiger partial charge in [0.25, 0.3) is 0 Å². The van der Waals surface area contributed by atoms with Gasteiger partial charge in [-0.3, -0.25) is 0 Å². The molecule has 0 bridgehead atoms. The van der Waals surface area contributed by atoms with Gasteiger partial charge in [-0.2, -0.15) is 0 Å². The Bertz CT molecular complexity index is 445. The van der Waals surface area contributed by atoms with Gasteiger partial charge in [0.15, 0.2) is 0 Å². The average Bonchev–Trinajstić information content (AvgIpc) is 2.64. The molecule has 2 N–H and O–H groups in total. The van der Waals surface area contributed by atoms with Gasteiger partial charge >= 0.3 is 0 Å². The molecule has 21 heavy (non-hydrogen) atoms. The highest BCUT2D eigenvalue weighted by Gasteiger charge is 2.20. The first kappa shape index (κ1) is 16.6. The van der Waals surface area contributed by atoms with E-state index in [1.54, 1.807) is 0 Å². The SMILES string of the molecule is CCCC1CCCN(c2c(Cl)cccc2CC(C)N)CC1. The second kappa shape index (κ2) is 8.05. The highest BCUT2D eigenvalue weighted by molar-refractivity contribution is 6.33. The molecule has 1 aliphatic rings. The summed E-state index contributed by atoms with van der Waals surface area (Å²) in [5, 5.41) is 0.877. The fourth-order valence-electron chi connectivity index (χ4n) is 3.51. The fraction of sp³-hybridized carbons (Fsp3) is 0.667. The quantitative estimate of drug-likeness (QED) is 0.859. The standard InChI is InChI=1S/C18H29ClN2/c1-3-6-15-7-5-11-21(12-10-15)18-16(13-14(2)20)8-4-9-17(18)19/h4,8-9,14-15H,3,5-7,10-13,20H2,1-2H3. The third-order valence-corrected chi connectivity index (χ3v) is 4.78. The van der Waals surface area contributed by atoms with Gasteiger partial charge in [-0.1, -0.05) is 43.5 Å². The second-order valence-electron chi connectivity index (χ2n) is 6.50. The van der Waals surface area contributed by atoms with Crippen LogP contribution in [0.3, 0.4) is 0 Å². The number of benzene rings is 1. The molecule has 2 unspecified atom stereocenters. The van der Waals surface area contributed by atoms with E-state index in [0.717, 1.165) is 30.5 Å². The maximum Gasteiger partial charge on any atom is 0.0642 e. The molecule has 118 valence electrons. The summed E-state index contributed by atoms with van der Waals surface area (Å²) in [6, 6.07) is 6.40. The minimum atomic E-state index is 0.169. The summed E-state index contributed by atoms with van der Waals surface area (Å²) in [5.41, 5.74) is 8.53. The molecule has 0 spiro atoms. The van der Waals surface area contributed by atoms with Crippen LogP contribution in [0.5, 0.6) is 0 Å². The molecule has 0 saturated carbocycles. The van der Waals surface area contributed by atoms with Crippen LogP contribution in [-0.4, -0.2) is 19.1 Å². The van der Waals surface area contributed by atoms with Crippen molar-refractivity contribution in [3.05, 3.63) is 28.8 Å². The lowest BCUT2D eigenvalue weighted by Crippen LogP contribution is -2.27. The topological polar surface area (TPSA) is 29.3 Å². The van der Waals surface area contributed by atoms with E-state index in [9.17, 15) is 0 Å². The molecule has 2 nitrogen and oxygen atoms in total. The number of nitrogens with two attached hydrogens (primary N) is 1. The van der Waals surface area contributed by atoms with Gasteiger partial charge in [-0.05, 0) is 50.2 Å². The number of hydrogen-bond donors (Lipinski definition) is 1. The molecular weight excluding hydrogens is 280 g/mol. The zero-order chi connectivity index (χ0) is 15.2. The van der Waals surface area contributed by atoms with Crippen molar-refractivity contribution in [3.8, 4) is 0 Å². The van der Waals surface area contributed by atoms with Crippen LogP contribution in [0.15, 0.2) is 18.2 Å². The molecule has 1 aromatic rings. The van der Waals surface area contributed by atoms with E-state index in [2.05, 4.69) is 24.8 Å². The number of rotatable bonds is 5. The van der Waals surface area contributed by atoms with E-state index in [0.29, 0.717) is 0 Å². The van der Waals surface area contributed by atoms with E-state index in [1.165, 1.54) is 43.4 Å². The summed E-state index contributed by atoms with van der Waals surface area (Å²) in [4.78, 5) is 2.50. The summed E-state index contributed by atoms with van der Waals surface area (Å²) in [7, 11) is 0. The molecule has 0 radical (unpaired) electrons. The molecule has 3 heteroatoms. The molecule has 0 aromatic heterocycles. The van der Waals surface area contributed by atoms with E-state index in [-0.39, 0.29) is 6.04 Å². The van der Waals surface area contributed by atoms with E-state index in [4.69, 9.17) is 17.3 Å². The van der Waals surface area contributed by atoms with Gasteiger partial charge in [0.1, 0.15) is 0 Å². The van der Waals surface area contributed by atoms with Crippen molar-refractivity contribution in [2.75, 3.05) is 18.0 Å². The monoisotopic (exact) mass is 308 g/mol. The minimum Gasteiger partial charge on any atom is -0.370 e. The van der Waals surface area contributed by atoms with Crippen LogP contribution in [0.25, 0.3) is 0 Å². The summed E-state index contributed by atoms with van der Waals surface area (Å²) in [5.74, 6) is 0.888. The summed E-state index contributed by atoms with van der Waals surface area (Å²) in [6.45, 7) is 6.60. The lowest BCUT2D eigenvalue weighted by Gasteiger charge is -2.27. The zero-order valence-electron chi connectivity index (χ0n) is 13.4. The normalized spacial score (nSPS) is 21.1. The number of halogens is 1. The molecule has 2 rings (SSSR count). The average molecular weight is 309 g/mol. The Hall–Kier alpha value is -0.730. The van der Waals surface area contributed by atoms with Gasteiger partial charge in [0, 0.05) is 19.1 Å². The summed E-state index contributed by atoms with van der Waals surface area (Å²) < 4.78 is 0. The van der Waals surface area contributed by atoms with E-state index < -0.39 is 0 Å². The van der Waals surface area contributed by atoms with Crippen LogP contribution in [-0.2, 0) is 6.42 Å². The van der Waals surface area contributed by atoms with Crippen LogP contribution in [0.1, 0.15) is 51.5 Å². The van der Waals surface area contributed by atoms with Gasteiger partial charge in [0.2, 0.25) is 0 Å². The van der Waals surface area contributed by atoms with Crippen LogP contribution in [0.4, 0.5) is 5.69 Å². The molecule has 1 aromatic carbocycles. The molecule has 0 amide bonds. The van der Waals surface area contributed by atoms with Crippen molar-refractivity contribution in [3.63, 3.8) is 0 Å². The molecule has 1 heterocycles. The Morgan fingerprint density at radius 3 is 2.86 bits per heavy atom. The number of para-hydroxylation sites is 1. The Labute approximate surface area is 134 Å². The van der Waals surface area contributed by atoms with Crippen LogP contribution >= 0.6 is 11.6 Å². The van der Waals surface area contributed by atoms with Crippen LogP contribution < -0.4 is 10.6 Å². The highest BCUT2D eigenvalue weighted by Crippen LogP contribution is 2.33. The number of nitrogens with zero attached hydrogens (tertiary/aromatic N) is 1. The zero-order valence-corrected chi connectivity index (χ0v) is 14.2. The molecular formula is C18H29ClN2. The van der Waals surface area contributed by atoms with Crippen LogP contribution in [0.2, 0.25) is 5.02 Å². The predicted molar refractivity (Wildman–Crippen MR) is 93.3 cm³/mol. The van der Waals surface area contributed by atoms with E-state index >= 15 is 0 Å². The molecule has 1 aliphatic heterocycles. The van der Waals surface area contributed by atoms with Crippen molar-refractivity contribution < 1.29 is 0 Å². The Kier molecular flexibility index (Phi) is 6.38. The minimum absolute atomic E-state index is 0.169. The highest BCUT2D eigenvalue weighted by atomic mass is 35.5. The van der Waals surface area contributed by atoms with Crippen molar-refractivity contribution in [1.82, 2.24) is 0 Å². The Morgan fingerprint density at radius 1 is 1.33 bits per heavy atom. The molecule has 0 aliphatic carbocycles. The third kappa shape index (κ3) is 4.62. The first-order valence-corrected chi connectivity index (χ1v) is 8.77. The van der Waals surface area contributed by atoms with Crippen molar-refractivity contribution in [2.24, 2.45) is 11.7 Å².